The summed E-state index contributed by atoms with van der Waals surface area (Å²) in [5, 5.41) is 3.31. The Morgan fingerprint density at radius 2 is 2.12 bits per heavy atom. The number of rotatable bonds is 4. The lowest BCUT2D eigenvalue weighted by molar-refractivity contribution is 0.392. The molecule has 88 valence electrons. The van der Waals surface area contributed by atoms with Crippen LogP contribution in [0.5, 0.6) is 5.75 Å². The van der Waals surface area contributed by atoms with Crippen molar-refractivity contribution in [2.45, 2.75) is 25.2 Å². The Balaban J connectivity index is 2.21. The monoisotopic (exact) mass is 219 g/mol. The van der Waals surface area contributed by atoms with Gasteiger partial charge in [-0.1, -0.05) is 24.6 Å². The van der Waals surface area contributed by atoms with Crippen LogP contribution in [0, 0.1) is 5.92 Å². The molecule has 1 aliphatic carbocycles. The summed E-state index contributed by atoms with van der Waals surface area (Å²) in [4.78, 5) is 0. The Morgan fingerprint density at radius 3 is 2.88 bits per heavy atom. The smallest absolute Gasteiger partial charge is 0.122 e. The first kappa shape index (κ1) is 11.5. The van der Waals surface area contributed by atoms with E-state index in [-0.39, 0.29) is 0 Å². The quantitative estimate of drug-likeness (QED) is 0.840. The molecule has 2 atom stereocenters. The van der Waals surface area contributed by atoms with Gasteiger partial charge in [0, 0.05) is 0 Å². The molecule has 2 unspecified atom stereocenters. The number of nitrogens with one attached hydrogen (secondary N) is 1. The van der Waals surface area contributed by atoms with Crippen molar-refractivity contribution in [3.05, 3.63) is 29.8 Å². The summed E-state index contributed by atoms with van der Waals surface area (Å²) in [6, 6.07) is 8.46. The molecule has 16 heavy (non-hydrogen) atoms. The predicted molar refractivity (Wildman–Crippen MR) is 67.0 cm³/mol. The zero-order valence-electron chi connectivity index (χ0n) is 10.2. The van der Waals surface area contributed by atoms with Crippen LogP contribution in [0.25, 0.3) is 0 Å². The Hall–Kier alpha value is -1.02. The summed E-state index contributed by atoms with van der Waals surface area (Å²) in [6.45, 7) is 1.11. The lowest BCUT2D eigenvalue weighted by Gasteiger charge is -2.21. The van der Waals surface area contributed by atoms with Gasteiger partial charge >= 0.3 is 0 Å². The third-order valence-corrected chi connectivity index (χ3v) is 3.66. The molecule has 1 saturated carbocycles. The highest BCUT2D eigenvalue weighted by molar-refractivity contribution is 5.37. The molecule has 0 saturated heterocycles. The first-order valence-corrected chi connectivity index (χ1v) is 6.14. The first-order chi connectivity index (χ1) is 7.86. The van der Waals surface area contributed by atoms with E-state index in [1.54, 1.807) is 7.11 Å². The van der Waals surface area contributed by atoms with E-state index in [1.807, 2.05) is 13.1 Å². The van der Waals surface area contributed by atoms with Gasteiger partial charge in [0.1, 0.15) is 5.75 Å². The summed E-state index contributed by atoms with van der Waals surface area (Å²) in [6.07, 6.45) is 3.98. The van der Waals surface area contributed by atoms with E-state index in [0.29, 0.717) is 5.92 Å². The van der Waals surface area contributed by atoms with Crippen molar-refractivity contribution in [3.63, 3.8) is 0 Å². The highest BCUT2D eigenvalue weighted by Crippen LogP contribution is 2.42. The van der Waals surface area contributed by atoms with Gasteiger partial charge in [-0.25, -0.2) is 0 Å². The maximum absolute atomic E-state index is 5.46. The summed E-state index contributed by atoms with van der Waals surface area (Å²) < 4.78 is 5.46. The Kier molecular flexibility index (Phi) is 3.83. The minimum atomic E-state index is 0.670. The molecular formula is C14H21NO. The van der Waals surface area contributed by atoms with Gasteiger partial charge in [-0.05, 0) is 49.9 Å². The van der Waals surface area contributed by atoms with Crippen LogP contribution in [0.2, 0.25) is 0 Å². The van der Waals surface area contributed by atoms with Crippen molar-refractivity contribution in [1.29, 1.82) is 0 Å². The number of ether oxygens (including phenoxy) is 1. The zero-order chi connectivity index (χ0) is 11.4. The molecule has 1 fully saturated rings. The summed E-state index contributed by atoms with van der Waals surface area (Å²) in [7, 11) is 3.80. The van der Waals surface area contributed by atoms with E-state index >= 15 is 0 Å². The molecule has 2 rings (SSSR count). The van der Waals surface area contributed by atoms with Crippen molar-refractivity contribution < 1.29 is 4.74 Å². The van der Waals surface area contributed by atoms with Gasteiger partial charge in [0.15, 0.2) is 0 Å². The van der Waals surface area contributed by atoms with Crippen LogP contribution >= 0.6 is 0 Å². The largest absolute Gasteiger partial charge is 0.496 e. The second-order valence-electron chi connectivity index (χ2n) is 4.60. The lowest BCUT2D eigenvalue weighted by atomic mass is 9.88. The summed E-state index contributed by atoms with van der Waals surface area (Å²) >= 11 is 0. The van der Waals surface area contributed by atoms with Gasteiger partial charge < -0.3 is 10.1 Å². The molecule has 0 spiro atoms. The summed E-state index contributed by atoms with van der Waals surface area (Å²) in [5.41, 5.74) is 1.39. The number of benzene rings is 1. The van der Waals surface area contributed by atoms with Crippen LogP contribution in [-0.4, -0.2) is 20.7 Å². The fourth-order valence-corrected chi connectivity index (χ4v) is 2.93. The molecule has 0 bridgehead atoms. The van der Waals surface area contributed by atoms with Crippen molar-refractivity contribution >= 4 is 0 Å². The third kappa shape index (κ3) is 2.22. The molecule has 1 aromatic rings. The standard InChI is InChI=1S/C14H21NO/c1-15-10-11-6-5-8-12(11)13-7-3-4-9-14(13)16-2/h3-4,7,9,11-12,15H,5-6,8,10H2,1-2H3. The molecule has 2 heteroatoms. The van der Waals surface area contributed by atoms with Gasteiger partial charge in [0.2, 0.25) is 0 Å². The second kappa shape index (κ2) is 5.35. The Labute approximate surface area is 98.0 Å². The Morgan fingerprint density at radius 1 is 1.31 bits per heavy atom. The van der Waals surface area contributed by atoms with Crippen LogP contribution in [0.1, 0.15) is 30.7 Å². The van der Waals surface area contributed by atoms with Gasteiger partial charge in [0.05, 0.1) is 7.11 Å². The van der Waals surface area contributed by atoms with E-state index < -0.39 is 0 Å². The molecule has 0 aromatic heterocycles. The first-order valence-electron chi connectivity index (χ1n) is 6.14. The van der Waals surface area contributed by atoms with Gasteiger partial charge in [-0.15, -0.1) is 0 Å². The molecule has 0 heterocycles. The van der Waals surface area contributed by atoms with E-state index in [4.69, 9.17) is 4.74 Å². The van der Waals surface area contributed by atoms with Crippen molar-refractivity contribution in [1.82, 2.24) is 5.32 Å². The van der Waals surface area contributed by atoms with Crippen LogP contribution in [-0.2, 0) is 0 Å². The maximum Gasteiger partial charge on any atom is 0.122 e. The summed E-state index contributed by atoms with van der Waals surface area (Å²) in [5.74, 6) is 2.49. The number of methoxy groups -OCH3 is 1. The highest BCUT2D eigenvalue weighted by Gasteiger charge is 2.29. The second-order valence-corrected chi connectivity index (χ2v) is 4.60. The average molecular weight is 219 g/mol. The van der Waals surface area contributed by atoms with Crippen LogP contribution in [0.4, 0.5) is 0 Å². The van der Waals surface area contributed by atoms with Crippen molar-refractivity contribution in [3.8, 4) is 5.75 Å². The average Bonchev–Trinajstić information content (AvgIpc) is 2.77. The minimum Gasteiger partial charge on any atom is -0.496 e. The molecule has 0 amide bonds. The van der Waals surface area contributed by atoms with E-state index in [9.17, 15) is 0 Å². The van der Waals surface area contributed by atoms with E-state index in [2.05, 4.69) is 23.5 Å². The van der Waals surface area contributed by atoms with Gasteiger partial charge in [-0.2, -0.15) is 0 Å². The topological polar surface area (TPSA) is 21.3 Å². The Bertz CT molecular complexity index is 337. The van der Waals surface area contributed by atoms with Crippen LogP contribution in [0.15, 0.2) is 24.3 Å². The van der Waals surface area contributed by atoms with Crippen molar-refractivity contribution in [2.24, 2.45) is 5.92 Å². The molecule has 1 aliphatic rings. The van der Waals surface area contributed by atoms with Gasteiger partial charge in [-0.3, -0.25) is 0 Å². The predicted octanol–water partition coefficient (Wildman–Crippen LogP) is 2.80. The number of para-hydroxylation sites is 1. The molecule has 2 nitrogen and oxygen atoms in total. The molecular weight excluding hydrogens is 198 g/mol. The third-order valence-electron chi connectivity index (χ3n) is 3.66. The van der Waals surface area contributed by atoms with Crippen LogP contribution < -0.4 is 10.1 Å². The minimum absolute atomic E-state index is 0.670. The van der Waals surface area contributed by atoms with Gasteiger partial charge in [0.25, 0.3) is 0 Å². The lowest BCUT2D eigenvalue weighted by Crippen LogP contribution is -2.21. The molecule has 1 aromatic carbocycles. The van der Waals surface area contributed by atoms with E-state index in [0.717, 1.165) is 18.2 Å². The molecule has 1 N–H and O–H groups in total. The SMILES string of the molecule is CNCC1CCCC1c1ccccc1OC. The van der Waals surface area contributed by atoms with Crippen molar-refractivity contribution in [2.75, 3.05) is 20.7 Å². The van der Waals surface area contributed by atoms with Crippen LogP contribution in [0.3, 0.4) is 0 Å². The fraction of sp³-hybridized carbons (Fsp3) is 0.571. The fourth-order valence-electron chi connectivity index (χ4n) is 2.93. The maximum atomic E-state index is 5.46. The molecule has 0 radical (unpaired) electrons. The zero-order valence-corrected chi connectivity index (χ0v) is 10.2. The number of hydrogen-bond donors (Lipinski definition) is 1. The van der Waals surface area contributed by atoms with E-state index in [1.165, 1.54) is 24.8 Å². The normalized spacial score (nSPS) is 24.6. The number of hydrogen-bond acceptors (Lipinski definition) is 2. The molecule has 0 aliphatic heterocycles. The highest BCUT2D eigenvalue weighted by atomic mass is 16.5.